The number of nitrogens with zero attached hydrogens (tertiary/aromatic N) is 3. The maximum absolute atomic E-state index is 5.81. The lowest BCUT2D eigenvalue weighted by Gasteiger charge is -2.24. The van der Waals surface area contributed by atoms with Crippen molar-refractivity contribution in [3.05, 3.63) is 5.89 Å². The lowest BCUT2D eigenvalue weighted by molar-refractivity contribution is 0.00859. The van der Waals surface area contributed by atoms with Crippen LogP contribution in [0.5, 0.6) is 0 Å². The first-order chi connectivity index (χ1) is 9.42. The second-order valence-electron chi connectivity index (χ2n) is 5.30. The molecule has 3 rings (SSSR count). The van der Waals surface area contributed by atoms with Crippen LogP contribution in [0.25, 0.3) is 0 Å². The lowest BCUT2D eigenvalue weighted by atomic mass is 10.1. The summed E-state index contributed by atoms with van der Waals surface area (Å²) in [6.07, 6.45) is 6.19. The Balaban J connectivity index is 1.49. The third-order valence-electron chi connectivity index (χ3n) is 3.82. The Labute approximate surface area is 113 Å². The molecule has 1 aromatic rings. The average Bonchev–Trinajstić information content (AvgIpc) is 2.96. The summed E-state index contributed by atoms with van der Waals surface area (Å²) in [7, 11) is 0. The first kappa shape index (κ1) is 12.9. The van der Waals surface area contributed by atoms with E-state index in [9.17, 15) is 0 Å². The minimum Gasteiger partial charge on any atom is -0.368 e. The molecule has 1 N–H and O–H groups in total. The van der Waals surface area contributed by atoms with Gasteiger partial charge in [-0.3, -0.25) is 0 Å². The fraction of sp³-hybridized carbons (Fsp3) is 0.846. The smallest absolute Gasteiger partial charge is 0.266 e. The molecule has 0 amide bonds. The molecule has 2 fully saturated rings. The second-order valence-corrected chi connectivity index (χ2v) is 5.30. The molecule has 2 saturated heterocycles. The van der Waals surface area contributed by atoms with Crippen LogP contribution >= 0.6 is 0 Å². The molecule has 0 radical (unpaired) electrons. The molecule has 3 heterocycles. The van der Waals surface area contributed by atoms with Crippen LogP contribution in [0.3, 0.4) is 0 Å². The van der Waals surface area contributed by atoms with Gasteiger partial charge in [0, 0.05) is 13.1 Å². The van der Waals surface area contributed by atoms with Crippen molar-refractivity contribution in [3.63, 3.8) is 0 Å². The summed E-state index contributed by atoms with van der Waals surface area (Å²) in [6, 6.07) is 0. The van der Waals surface area contributed by atoms with Gasteiger partial charge in [-0.15, -0.1) is 0 Å². The van der Waals surface area contributed by atoms with Crippen LogP contribution in [-0.4, -0.2) is 42.4 Å². The van der Waals surface area contributed by atoms with Gasteiger partial charge in [-0.05, 0) is 50.4 Å². The van der Waals surface area contributed by atoms with Gasteiger partial charge < -0.3 is 19.5 Å². The van der Waals surface area contributed by atoms with Gasteiger partial charge in [0.1, 0.15) is 6.61 Å². The zero-order chi connectivity index (χ0) is 12.9. The number of rotatable bonds is 4. The molecule has 0 bridgehead atoms. The summed E-state index contributed by atoms with van der Waals surface area (Å²) in [5.74, 6) is 1.32. The SMILES string of the molecule is C1CCN(c2noc(COC3CCNCC3)n2)CC1. The molecular weight excluding hydrogens is 244 g/mol. The molecule has 6 nitrogen and oxygen atoms in total. The molecule has 0 atom stereocenters. The van der Waals surface area contributed by atoms with Crippen molar-refractivity contribution < 1.29 is 9.26 Å². The highest BCUT2D eigenvalue weighted by Crippen LogP contribution is 2.17. The van der Waals surface area contributed by atoms with Crippen LogP contribution < -0.4 is 10.2 Å². The van der Waals surface area contributed by atoms with E-state index in [-0.39, 0.29) is 0 Å². The minimum atomic E-state index is 0.326. The minimum absolute atomic E-state index is 0.326. The van der Waals surface area contributed by atoms with Crippen LogP contribution in [0.4, 0.5) is 5.95 Å². The maximum Gasteiger partial charge on any atom is 0.266 e. The number of ether oxygens (including phenoxy) is 1. The summed E-state index contributed by atoms with van der Waals surface area (Å²) in [6.45, 7) is 4.58. The van der Waals surface area contributed by atoms with Gasteiger partial charge in [-0.2, -0.15) is 4.98 Å². The summed E-state index contributed by atoms with van der Waals surface area (Å²) >= 11 is 0. The Morgan fingerprint density at radius 3 is 2.79 bits per heavy atom. The van der Waals surface area contributed by atoms with Crippen LogP contribution in [-0.2, 0) is 11.3 Å². The zero-order valence-corrected chi connectivity index (χ0v) is 11.3. The van der Waals surface area contributed by atoms with Gasteiger partial charge in [0.05, 0.1) is 6.10 Å². The lowest BCUT2D eigenvalue weighted by Crippen LogP contribution is -2.32. The molecule has 0 spiro atoms. The Bertz CT molecular complexity index is 384. The summed E-state index contributed by atoms with van der Waals surface area (Å²) in [5, 5.41) is 7.37. The first-order valence-corrected chi connectivity index (χ1v) is 7.32. The highest BCUT2D eigenvalue weighted by atomic mass is 16.5. The number of aromatic nitrogens is 2. The molecule has 106 valence electrons. The van der Waals surface area contributed by atoms with E-state index in [1.807, 2.05) is 0 Å². The molecule has 2 aliphatic heterocycles. The third kappa shape index (κ3) is 3.45. The topological polar surface area (TPSA) is 63.4 Å². The Hall–Kier alpha value is -1.14. The van der Waals surface area contributed by atoms with Crippen LogP contribution in [0.15, 0.2) is 4.52 Å². The van der Waals surface area contributed by atoms with Gasteiger partial charge in [0.15, 0.2) is 0 Å². The predicted octanol–water partition coefficient (Wildman–Crippen LogP) is 1.33. The predicted molar refractivity (Wildman–Crippen MR) is 71.0 cm³/mol. The largest absolute Gasteiger partial charge is 0.368 e. The molecule has 0 saturated carbocycles. The van der Waals surface area contributed by atoms with Gasteiger partial charge >= 0.3 is 0 Å². The third-order valence-corrected chi connectivity index (χ3v) is 3.82. The van der Waals surface area contributed by atoms with Crippen LogP contribution in [0, 0.1) is 0 Å². The van der Waals surface area contributed by atoms with Gasteiger partial charge in [0.25, 0.3) is 11.8 Å². The van der Waals surface area contributed by atoms with E-state index in [1.54, 1.807) is 0 Å². The molecule has 0 aliphatic carbocycles. The molecular formula is C13H22N4O2. The van der Waals surface area contributed by atoms with Gasteiger partial charge in [-0.1, -0.05) is 0 Å². The number of nitrogens with one attached hydrogen (secondary N) is 1. The number of hydrogen-bond donors (Lipinski definition) is 1. The van der Waals surface area contributed by atoms with E-state index >= 15 is 0 Å². The number of anilines is 1. The molecule has 2 aliphatic rings. The van der Waals surface area contributed by atoms with E-state index < -0.39 is 0 Å². The van der Waals surface area contributed by atoms with Crippen molar-refractivity contribution in [1.29, 1.82) is 0 Å². The van der Waals surface area contributed by atoms with Crippen LogP contribution in [0.2, 0.25) is 0 Å². The van der Waals surface area contributed by atoms with E-state index in [0.717, 1.165) is 45.0 Å². The summed E-state index contributed by atoms with van der Waals surface area (Å²) < 4.78 is 11.1. The van der Waals surface area contributed by atoms with Crippen molar-refractivity contribution in [2.45, 2.75) is 44.8 Å². The van der Waals surface area contributed by atoms with E-state index in [0.29, 0.717) is 18.6 Å². The Morgan fingerprint density at radius 1 is 1.21 bits per heavy atom. The standard InChI is InChI=1S/C13H22N4O2/c1-2-8-17(9-3-1)13-15-12(19-16-13)10-18-11-4-6-14-7-5-11/h11,14H,1-10H2. The highest BCUT2D eigenvalue weighted by Gasteiger charge is 2.18. The molecule has 19 heavy (non-hydrogen) atoms. The quantitative estimate of drug-likeness (QED) is 0.887. The average molecular weight is 266 g/mol. The van der Waals surface area contributed by atoms with Crippen molar-refractivity contribution in [1.82, 2.24) is 15.5 Å². The second kappa shape index (κ2) is 6.34. The van der Waals surface area contributed by atoms with Gasteiger partial charge in [-0.25, -0.2) is 0 Å². The van der Waals surface area contributed by atoms with E-state index in [1.165, 1.54) is 19.3 Å². The van der Waals surface area contributed by atoms with Crippen molar-refractivity contribution >= 4 is 5.95 Å². The summed E-state index contributed by atoms with van der Waals surface area (Å²) in [5.41, 5.74) is 0. The molecule has 0 unspecified atom stereocenters. The zero-order valence-electron chi connectivity index (χ0n) is 11.3. The molecule has 1 aromatic heterocycles. The van der Waals surface area contributed by atoms with Crippen molar-refractivity contribution in [2.24, 2.45) is 0 Å². The maximum atomic E-state index is 5.81. The normalized spacial score (nSPS) is 21.8. The Kier molecular flexibility index (Phi) is 4.30. The Morgan fingerprint density at radius 2 is 2.00 bits per heavy atom. The number of piperidine rings is 2. The van der Waals surface area contributed by atoms with Crippen molar-refractivity contribution in [2.75, 3.05) is 31.1 Å². The highest BCUT2D eigenvalue weighted by molar-refractivity contribution is 5.27. The van der Waals surface area contributed by atoms with E-state index in [2.05, 4.69) is 20.4 Å². The van der Waals surface area contributed by atoms with E-state index in [4.69, 9.17) is 9.26 Å². The first-order valence-electron chi connectivity index (χ1n) is 7.32. The fourth-order valence-electron chi connectivity index (χ4n) is 2.68. The molecule has 6 heteroatoms. The monoisotopic (exact) mass is 266 g/mol. The number of hydrogen-bond acceptors (Lipinski definition) is 6. The summed E-state index contributed by atoms with van der Waals surface area (Å²) in [4.78, 5) is 6.62. The van der Waals surface area contributed by atoms with Gasteiger partial charge in [0.2, 0.25) is 0 Å². The van der Waals surface area contributed by atoms with Crippen molar-refractivity contribution in [3.8, 4) is 0 Å². The fourth-order valence-corrected chi connectivity index (χ4v) is 2.68. The molecule has 0 aromatic carbocycles. The van der Waals surface area contributed by atoms with Crippen LogP contribution in [0.1, 0.15) is 38.0 Å².